The van der Waals surface area contributed by atoms with Crippen molar-refractivity contribution >= 4 is 41.4 Å². The minimum atomic E-state index is -1.75. The molecule has 0 aromatic rings. The fourth-order valence-corrected chi connectivity index (χ4v) is 3.11. The van der Waals surface area contributed by atoms with Gasteiger partial charge in [0.1, 0.15) is 18.1 Å². The van der Waals surface area contributed by atoms with Crippen LogP contribution in [0.2, 0.25) is 0 Å². The molecule has 0 radical (unpaired) electrons. The predicted octanol–water partition coefficient (Wildman–Crippen LogP) is -1.49. The molecule has 6 unspecified atom stereocenters. The fraction of sp³-hybridized carbons (Fsp3) is 0.737. The number of rotatable bonds is 15. The smallest absolute Gasteiger partial charge is 0.326 e. The molecule has 0 spiro atoms. The van der Waals surface area contributed by atoms with E-state index in [1.54, 1.807) is 13.8 Å². The van der Waals surface area contributed by atoms with E-state index in [0.29, 0.717) is 18.6 Å². The molecule has 184 valence electrons. The number of carboxylic acid groups (broad SMARTS) is 2. The Kier molecular flexibility index (Phi) is 13.5. The monoisotopic (exact) mass is 478 g/mol. The van der Waals surface area contributed by atoms with E-state index in [9.17, 15) is 29.1 Å². The van der Waals surface area contributed by atoms with Crippen LogP contribution in [0.15, 0.2) is 0 Å². The lowest BCUT2D eigenvalue weighted by Gasteiger charge is -2.28. The number of hydrogen-bond acceptors (Lipinski definition) is 8. The van der Waals surface area contributed by atoms with Crippen molar-refractivity contribution in [3.05, 3.63) is 0 Å². The molecule has 32 heavy (non-hydrogen) atoms. The molecule has 0 saturated heterocycles. The van der Waals surface area contributed by atoms with Gasteiger partial charge in [0.25, 0.3) is 0 Å². The molecular weight excluding hydrogens is 444 g/mol. The third-order valence-electron chi connectivity index (χ3n) is 4.82. The maximum Gasteiger partial charge on any atom is 0.326 e. The standard InChI is InChI=1S/C19H34N4O8S/c1-5-9(2)14(22-16(27)11(20)6-7-32-4)17(28)23-15(10(3)24)18(29)21-12(19(30)31)8-13(25)26/h9-12,14-15,24H,5-8,20H2,1-4H3,(H,21,29)(H,22,27)(H,23,28)(H,25,26)(H,30,31). The highest BCUT2D eigenvalue weighted by Crippen LogP contribution is 2.10. The van der Waals surface area contributed by atoms with Crippen LogP contribution >= 0.6 is 11.8 Å². The normalized spacial score (nSPS) is 16.6. The molecule has 6 atom stereocenters. The van der Waals surface area contributed by atoms with Crippen molar-refractivity contribution in [2.75, 3.05) is 12.0 Å². The first-order chi connectivity index (χ1) is 14.8. The molecule has 0 bridgehead atoms. The second-order valence-electron chi connectivity index (χ2n) is 7.48. The van der Waals surface area contributed by atoms with E-state index in [0.717, 1.165) is 0 Å². The zero-order chi connectivity index (χ0) is 25.0. The highest BCUT2D eigenvalue weighted by Gasteiger charge is 2.34. The van der Waals surface area contributed by atoms with Crippen molar-refractivity contribution in [1.82, 2.24) is 16.0 Å². The lowest BCUT2D eigenvalue weighted by atomic mass is 9.97. The molecule has 12 nitrogen and oxygen atoms in total. The van der Waals surface area contributed by atoms with Crippen LogP contribution in [-0.2, 0) is 24.0 Å². The summed E-state index contributed by atoms with van der Waals surface area (Å²) in [6.07, 6.45) is 0.452. The molecule has 13 heteroatoms. The molecule has 0 aromatic heterocycles. The van der Waals surface area contributed by atoms with Gasteiger partial charge >= 0.3 is 11.9 Å². The van der Waals surface area contributed by atoms with Gasteiger partial charge in [0.2, 0.25) is 17.7 Å². The van der Waals surface area contributed by atoms with Crippen molar-refractivity contribution < 1.29 is 39.3 Å². The number of carboxylic acids is 2. The Morgan fingerprint density at radius 2 is 1.47 bits per heavy atom. The fourth-order valence-electron chi connectivity index (χ4n) is 2.62. The second-order valence-corrected chi connectivity index (χ2v) is 8.47. The third kappa shape index (κ3) is 10.3. The van der Waals surface area contributed by atoms with Crippen LogP contribution in [0.5, 0.6) is 0 Å². The molecule has 0 saturated carbocycles. The van der Waals surface area contributed by atoms with Gasteiger partial charge in [0, 0.05) is 0 Å². The molecule has 0 rings (SSSR count). The van der Waals surface area contributed by atoms with Gasteiger partial charge in [-0.15, -0.1) is 0 Å². The average molecular weight is 479 g/mol. The van der Waals surface area contributed by atoms with E-state index in [-0.39, 0.29) is 5.92 Å². The molecule has 8 N–H and O–H groups in total. The Hall–Kier alpha value is -2.38. The Morgan fingerprint density at radius 1 is 0.938 bits per heavy atom. The Labute approximate surface area is 191 Å². The summed E-state index contributed by atoms with van der Waals surface area (Å²) in [5, 5.41) is 34.7. The number of nitrogens with one attached hydrogen (secondary N) is 3. The first-order valence-corrected chi connectivity index (χ1v) is 11.5. The summed E-state index contributed by atoms with van der Waals surface area (Å²) < 4.78 is 0. The third-order valence-corrected chi connectivity index (χ3v) is 5.46. The number of hydrogen-bond donors (Lipinski definition) is 7. The van der Waals surface area contributed by atoms with Crippen LogP contribution in [0.4, 0.5) is 0 Å². The zero-order valence-corrected chi connectivity index (χ0v) is 19.5. The Balaban J connectivity index is 5.44. The number of nitrogens with two attached hydrogens (primary N) is 1. The van der Waals surface area contributed by atoms with Crippen molar-refractivity contribution in [2.45, 2.75) is 70.3 Å². The summed E-state index contributed by atoms with van der Waals surface area (Å²) >= 11 is 1.52. The molecule has 0 aromatic carbocycles. The molecule has 0 aliphatic rings. The zero-order valence-electron chi connectivity index (χ0n) is 18.7. The minimum absolute atomic E-state index is 0.344. The van der Waals surface area contributed by atoms with Gasteiger partial charge in [-0.25, -0.2) is 4.79 Å². The number of aliphatic hydroxyl groups is 1. The molecule has 0 aliphatic heterocycles. The summed E-state index contributed by atoms with van der Waals surface area (Å²) in [5.41, 5.74) is 5.85. The Bertz CT molecular complexity index is 676. The summed E-state index contributed by atoms with van der Waals surface area (Å²) in [6, 6.07) is -5.22. The lowest BCUT2D eigenvalue weighted by molar-refractivity contribution is -0.148. The number of amides is 3. The highest BCUT2D eigenvalue weighted by atomic mass is 32.2. The van der Waals surface area contributed by atoms with Crippen LogP contribution in [-0.4, -0.2) is 87.3 Å². The maximum atomic E-state index is 12.9. The largest absolute Gasteiger partial charge is 0.481 e. The minimum Gasteiger partial charge on any atom is -0.481 e. The van der Waals surface area contributed by atoms with E-state index in [1.165, 1.54) is 18.7 Å². The van der Waals surface area contributed by atoms with E-state index in [4.69, 9.17) is 15.9 Å². The highest BCUT2D eigenvalue weighted by molar-refractivity contribution is 7.98. The van der Waals surface area contributed by atoms with Gasteiger partial charge in [-0.2, -0.15) is 11.8 Å². The van der Waals surface area contributed by atoms with Gasteiger partial charge in [-0.05, 0) is 31.3 Å². The van der Waals surface area contributed by atoms with Crippen molar-refractivity contribution in [3.63, 3.8) is 0 Å². The van der Waals surface area contributed by atoms with Gasteiger partial charge < -0.3 is 37.0 Å². The van der Waals surface area contributed by atoms with Gasteiger partial charge in [0.15, 0.2) is 0 Å². The summed E-state index contributed by atoms with van der Waals surface area (Å²) in [6.45, 7) is 4.71. The summed E-state index contributed by atoms with van der Waals surface area (Å²) in [4.78, 5) is 59.7. The number of carbonyl (C=O) groups is 5. The van der Waals surface area contributed by atoms with Crippen LogP contribution in [0, 0.1) is 5.92 Å². The van der Waals surface area contributed by atoms with E-state index in [2.05, 4.69) is 10.6 Å². The predicted molar refractivity (Wildman–Crippen MR) is 118 cm³/mol. The lowest BCUT2D eigenvalue weighted by Crippen LogP contribution is -2.61. The van der Waals surface area contributed by atoms with Gasteiger partial charge in [0.05, 0.1) is 18.6 Å². The van der Waals surface area contributed by atoms with Crippen molar-refractivity contribution in [3.8, 4) is 0 Å². The van der Waals surface area contributed by atoms with Crippen LogP contribution in [0.1, 0.15) is 40.0 Å². The maximum absolute atomic E-state index is 12.9. The first kappa shape index (κ1) is 29.6. The van der Waals surface area contributed by atoms with Gasteiger partial charge in [-0.3, -0.25) is 19.2 Å². The van der Waals surface area contributed by atoms with Crippen molar-refractivity contribution in [2.24, 2.45) is 11.7 Å². The SMILES string of the molecule is CCC(C)C(NC(=O)C(N)CCSC)C(=O)NC(C(=O)NC(CC(=O)O)C(=O)O)C(C)O. The molecule has 0 aliphatic carbocycles. The van der Waals surface area contributed by atoms with E-state index >= 15 is 0 Å². The average Bonchev–Trinajstić information content (AvgIpc) is 2.71. The molecule has 0 fully saturated rings. The van der Waals surface area contributed by atoms with Crippen molar-refractivity contribution in [1.29, 1.82) is 0 Å². The summed E-state index contributed by atoms with van der Waals surface area (Å²) in [5.74, 6) is -5.11. The quantitative estimate of drug-likeness (QED) is 0.145. The summed E-state index contributed by atoms with van der Waals surface area (Å²) in [7, 11) is 0. The molecule has 3 amide bonds. The van der Waals surface area contributed by atoms with Gasteiger partial charge in [-0.1, -0.05) is 20.3 Å². The van der Waals surface area contributed by atoms with Crippen LogP contribution in [0.25, 0.3) is 0 Å². The number of aliphatic hydroxyl groups excluding tert-OH is 1. The molecular formula is C19H34N4O8S. The van der Waals surface area contributed by atoms with E-state index in [1.807, 2.05) is 11.6 Å². The molecule has 0 heterocycles. The number of carbonyl (C=O) groups excluding carboxylic acids is 3. The topological polar surface area (TPSA) is 208 Å². The second kappa shape index (κ2) is 14.6. The number of aliphatic carboxylic acids is 2. The number of thioether (sulfide) groups is 1. The van der Waals surface area contributed by atoms with Crippen LogP contribution < -0.4 is 21.7 Å². The van der Waals surface area contributed by atoms with E-state index < -0.39 is 66.4 Å². The Morgan fingerprint density at radius 3 is 1.91 bits per heavy atom. The first-order valence-electron chi connectivity index (χ1n) is 10.1. The van der Waals surface area contributed by atoms with Crippen LogP contribution in [0.3, 0.4) is 0 Å².